The van der Waals surface area contributed by atoms with Crippen LogP contribution in [0.4, 0.5) is 11.5 Å². The van der Waals surface area contributed by atoms with Crippen LogP contribution in [0.1, 0.15) is 29.4 Å². The molecule has 24 heavy (non-hydrogen) atoms. The van der Waals surface area contributed by atoms with E-state index in [1.807, 2.05) is 12.1 Å². The molecule has 1 atom stereocenters. The summed E-state index contributed by atoms with van der Waals surface area (Å²) in [5.41, 5.74) is 2.83. The molecule has 0 spiro atoms. The molecule has 2 heterocycles. The molecule has 1 unspecified atom stereocenters. The van der Waals surface area contributed by atoms with Gasteiger partial charge in [0.15, 0.2) is 0 Å². The summed E-state index contributed by atoms with van der Waals surface area (Å²) >= 11 is 0. The average Bonchev–Trinajstić information content (AvgIpc) is 2.94. The summed E-state index contributed by atoms with van der Waals surface area (Å²) in [5, 5.41) is 2.85. The molecular formula is C18H22N4O2. The van der Waals surface area contributed by atoms with Crippen LogP contribution in [0, 0.1) is 0 Å². The number of nitrogens with one attached hydrogen (secondary N) is 1. The number of fused-ring (bicyclic) bond motifs is 1. The minimum Gasteiger partial charge on any atom is -0.385 e. The van der Waals surface area contributed by atoms with E-state index in [0.717, 1.165) is 24.3 Å². The molecule has 1 amide bonds. The monoisotopic (exact) mass is 326 g/mol. The minimum absolute atomic E-state index is 0.185. The number of nitrogens with zero attached hydrogens (tertiary/aromatic N) is 3. The zero-order chi connectivity index (χ0) is 16.9. The highest BCUT2D eigenvalue weighted by Crippen LogP contribution is 2.36. The summed E-state index contributed by atoms with van der Waals surface area (Å²) in [7, 11) is 1.65. The number of benzene rings is 1. The topological polar surface area (TPSA) is 67.3 Å². The predicted molar refractivity (Wildman–Crippen MR) is 92.6 cm³/mol. The summed E-state index contributed by atoms with van der Waals surface area (Å²) < 4.78 is 4.98. The largest absolute Gasteiger partial charge is 0.385 e. The van der Waals surface area contributed by atoms with Gasteiger partial charge in [0, 0.05) is 38.1 Å². The first kappa shape index (κ1) is 16.4. The standard InChI is InChI=1S/C18H22N4O2/c1-13-10-14-6-3-4-7-16(14)22(13)17-11-15(20-12-21-17)18(23)19-8-5-9-24-2/h3-4,6-7,11-13H,5,8-10H2,1-2H3,(H,19,23). The predicted octanol–water partition coefficient (Wildman–Crippen LogP) is 2.33. The summed E-state index contributed by atoms with van der Waals surface area (Å²) in [4.78, 5) is 22.9. The van der Waals surface area contributed by atoms with Crippen LogP contribution >= 0.6 is 0 Å². The van der Waals surface area contributed by atoms with Crippen molar-refractivity contribution in [2.45, 2.75) is 25.8 Å². The quantitative estimate of drug-likeness (QED) is 0.825. The number of hydrogen-bond donors (Lipinski definition) is 1. The Kier molecular flexibility index (Phi) is 5.05. The fraction of sp³-hybridized carbons (Fsp3) is 0.389. The Morgan fingerprint density at radius 1 is 1.38 bits per heavy atom. The Bertz CT molecular complexity index is 720. The molecule has 1 N–H and O–H groups in total. The van der Waals surface area contributed by atoms with Crippen molar-refractivity contribution in [3.63, 3.8) is 0 Å². The second-order valence-electron chi connectivity index (χ2n) is 5.92. The Morgan fingerprint density at radius 3 is 3.04 bits per heavy atom. The summed E-state index contributed by atoms with van der Waals surface area (Å²) in [6.45, 7) is 3.35. The van der Waals surface area contributed by atoms with E-state index in [0.29, 0.717) is 24.9 Å². The molecule has 1 aromatic heterocycles. The number of carbonyl (C=O) groups is 1. The van der Waals surface area contributed by atoms with Gasteiger partial charge in [0.2, 0.25) is 0 Å². The van der Waals surface area contributed by atoms with Crippen LogP contribution in [0.3, 0.4) is 0 Å². The molecule has 1 aliphatic rings. The lowest BCUT2D eigenvalue weighted by molar-refractivity contribution is 0.0943. The van der Waals surface area contributed by atoms with Crippen molar-refractivity contribution < 1.29 is 9.53 Å². The smallest absolute Gasteiger partial charge is 0.270 e. The van der Waals surface area contributed by atoms with E-state index in [-0.39, 0.29) is 5.91 Å². The lowest BCUT2D eigenvalue weighted by atomic mass is 10.1. The van der Waals surface area contributed by atoms with Crippen molar-refractivity contribution in [3.05, 3.63) is 47.9 Å². The first-order valence-electron chi connectivity index (χ1n) is 8.17. The van der Waals surface area contributed by atoms with E-state index in [1.165, 1.54) is 11.9 Å². The number of methoxy groups -OCH3 is 1. The lowest BCUT2D eigenvalue weighted by Crippen LogP contribution is -2.28. The van der Waals surface area contributed by atoms with Gasteiger partial charge in [0.25, 0.3) is 5.91 Å². The zero-order valence-corrected chi connectivity index (χ0v) is 14.0. The molecule has 126 valence electrons. The highest BCUT2D eigenvalue weighted by Gasteiger charge is 2.28. The SMILES string of the molecule is COCCCNC(=O)c1cc(N2c3ccccc3CC2C)ncn1. The average molecular weight is 326 g/mol. The fourth-order valence-corrected chi connectivity index (χ4v) is 3.03. The summed E-state index contributed by atoms with van der Waals surface area (Å²) in [6, 6.07) is 10.4. The maximum Gasteiger partial charge on any atom is 0.270 e. The van der Waals surface area contributed by atoms with E-state index >= 15 is 0 Å². The number of carbonyl (C=O) groups excluding carboxylic acids is 1. The van der Waals surface area contributed by atoms with Crippen molar-refractivity contribution in [1.82, 2.24) is 15.3 Å². The van der Waals surface area contributed by atoms with Gasteiger partial charge in [-0.05, 0) is 31.4 Å². The molecule has 3 rings (SSSR count). The number of para-hydroxylation sites is 1. The molecule has 0 fully saturated rings. The van der Waals surface area contributed by atoms with E-state index < -0.39 is 0 Å². The summed E-state index contributed by atoms with van der Waals surface area (Å²) in [6.07, 6.45) is 3.20. The van der Waals surface area contributed by atoms with Crippen molar-refractivity contribution in [1.29, 1.82) is 0 Å². The lowest BCUT2D eigenvalue weighted by Gasteiger charge is -2.23. The second kappa shape index (κ2) is 7.40. The van der Waals surface area contributed by atoms with E-state index in [1.54, 1.807) is 13.2 Å². The van der Waals surface area contributed by atoms with Crippen LogP contribution in [-0.2, 0) is 11.2 Å². The fourth-order valence-electron chi connectivity index (χ4n) is 3.03. The first-order chi connectivity index (χ1) is 11.7. The Labute approximate surface area is 141 Å². The third-order valence-electron chi connectivity index (χ3n) is 4.15. The molecule has 6 heteroatoms. The van der Waals surface area contributed by atoms with Crippen LogP contribution in [0.15, 0.2) is 36.7 Å². The third-order valence-corrected chi connectivity index (χ3v) is 4.15. The molecule has 0 aliphatic carbocycles. The van der Waals surface area contributed by atoms with Gasteiger partial charge in [-0.2, -0.15) is 0 Å². The van der Waals surface area contributed by atoms with Crippen LogP contribution in [-0.4, -0.2) is 42.2 Å². The van der Waals surface area contributed by atoms with Crippen LogP contribution in [0.5, 0.6) is 0 Å². The zero-order valence-electron chi connectivity index (χ0n) is 14.0. The van der Waals surface area contributed by atoms with Crippen LogP contribution < -0.4 is 10.2 Å². The van der Waals surface area contributed by atoms with Crippen LogP contribution in [0.2, 0.25) is 0 Å². The van der Waals surface area contributed by atoms with Gasteiger partial charge in [0.1, 0.15) is 17.8 Å². The summed E-state index contributed by atoms with van der Waals surface area (Å²) in [5.74, 6) is 0.569. The van der Waals surface area contributed by atoms with Gasteiger partial charge in [-0.25, -0.2) is 9.97 Å². The Balaban J connectivity index is 1.77. The van der Waals surface area contributed by atoms with E-state index in [4.69, 9.17) is 4.74 Å². The highest BCUT2D eigenvalue weighted by atomic mass is 16.5. The molecule has 1 aromatic carbocycles. The number of amides is 1. The van der Waals surface area contributed by atoms with Crippen molar-refractivity contribution in [3.8, 4) is 0 Å². The van der Waals surface area contributed by atoms with Crippen molar-refractivity contribution in [2.24, 2.45) is 0 Å². The molecule has 0 bridgehead atoms. The van der Waals surface area contributed by atoms with Gasteiger partial charge in [-0.1, -0.05) is 18.2 Å². The number of hydrogen-bond acceptors (Lipinski definition) is 5. The maximum absolute atomic E-state index is 12.2. The number of ether oxygens (including phenoxy) is 1. The highest BCUT2D eigenvalue weighted by molar-refractivity contribution is 5.93. The molecule has 6 nitrogen and oxygen atoms in total. The minimum atomic E-state index is -0.185. The third kappa shape index (κ3) is 3.38. The molecule has 0 saturated heterocycles. The number of anilines is 2. The Hall–Kier alpha value is -2.47. The van der Waals surface area contributed by atoms with Gasteiger partial charge in [0.05, 0.1) is 0 Å². The van der Waals surface area contributed by atoms with Gasteiger partial charge >= 0.3 is 0 Å². The normalized spacial score (nSPS) is 16.1. The molecule has 1 aliphatic heterocycles. The van der Waals surface area contributed by atoms with Gasteiger partial charge in [-0.3, -0.25) is 4.79 Å². The maximum atomic E-state index is 12.2. The molecule has 0 radical (unpaired) electrons. The molecule has 2 aromatic rings. The first-order valence-corrected chi connectivity index (χ1v) is 8.17. The van der Waals surface area contributed by atoms with Crippen molar-refractivity contribution in [2.75, 3.05) is 25.2 Å². The van der Waals surface area contributed by atoms with Gasteiger partial charge < -0.3 is 15.0 Å². The van der Waals surface area contributed by atoms with Crippen LogP contribution in [0.25, 0.3) is 0 Å². The van der Waals surface area contributed by atoms with E-state index in [2.05, 4.69) is 39.2 Å². The van der Waals surface area contributed by atoms with Gasteiger partial charge in [-0.15, -0.1) is 0 Å². The van der Waals surface area contributed by atoms with E-state index in [9.17, 15) is 4.79 Å². The number of rotatable bonds is 6. The Morgan fingerprint density at radius 2 is 2.21 bits per heavy atom. The second-order valence-corrected chi connectivity index (χ2v) is 5.92. The molecule has 0 saturated carbocycles. The van der Waals surface area contributed by atoms with Crippen molar-refractivity contribution >= 4 is 17.4 Å². The number of aromatic nitrogens is 2. The molecular weight excluding hydrogens is 304 g/mol.